The number of aromatic nitrogens is 1. The third-order valence-electron chi connectivity index (χ3n) is 5.89. The summed E-state index contributed by atoms with van der Waals surface area (Å²) in [5, 5.41) is 14.3. The Morgan fingerprint density at radius 1 is 1.03 bits per heavy atom. The number of rotatable bonds is 12. The minimum Gasteiger partial charge on any atom is -0.493 e. The Morgan fingerprint density at radius 3 is 2.60 bits per heavy atom. The molecule has 0 aliphatic heterocycles. The van der Waals surface area contributed by atoms with Gasteiger partial charge in [-0.25, -0.2) is 4.79 Å². The second-order valence-corrected chi connectivity index (χ2v) is 9.18. The second-order valence-electron chi connectivity index (χ2n) is 8.40. The topological polar surface area (TPSA) is 77.8 Å². The first-order chi connectivity index (χ1) is 17.0. The highest BCUT2D eigenvalue weighted by Gasteiger charge is 2.16. The van der Waals surface area contributed by atoms with E-state index >= 15 is 0 Å². The molecule has 0 bridgehead atoms. The largest absolute Gasteiger partial charge is 0.493 e. The van der Waals surface area contributed by atoms with Gasteiger partial charge in [0.2, 0.25) is 0 Å². The van der Waals surface area contributed by atoms with Crippen LogP contribution < -0.4 is 9.47 Å². The lowest BCUT2D eigenvalue weighted by Gasteiger charge is -2.13. The molecule has 2 aromatic heterocycles. The van der Waals surface area contributed by atoms with Crippen LogP contribution in [0.3, 0.4) is 0 Å². The molecule has 6 nitrogen and oxygen atoms in total. The molecule has 1 atom stereocenters. The van der Waals surface area contributed by atoms with Crippen molar-refractivity contribution < 1.29 is 24.2 Å². The number of aliphatic carboxylic acids is 1. The number of benzene rings is 2. The minimum atomic E-state index is -0.872. The summed E-state index contributed by atoms with van der Waals surface area (Å²) in [5.74, 6) is 0.548. The number of Topliss-reactive ketones (excluding diaryl/α,β-unsaturated/α-hetero) is 1. The van der Waals surface area contributed by atoms with Crippen LogP contribution in [0.5, 0.6) is 11.5 Å². The second kappa shape index (κ2) is 11.2. The van der Waals surface area contributed by atoms with Crippen molar-refractivity contribution in [2.24, 2.45) is 0 Å². The molecule has 2 heterocycles. The highest BCUT2D eigenvalue weighted by molar-refractivity contribution is 7.08. The fraction of sp³-hybridized carbons (Fsp3) is 0.286. The van der Waals surface area contributed by atoms with E-state index < -0.39 is 12.0 Å². The van der Waals surface area contributed by atoms with Crippen LogP contribution in [0, 0.1) is 0 Å². The third-order valence-corrected chi connectivity index (χ3v) is 6.58. The first-order valence-corrected chi connectivity index (χ1v) is 12.7. The molecule has 4 rings (SSSR count). The molecular formula is C28H29NO5S. The maximum atomic E-state index is 12.7. The van der Waals surface area contributed by atoms with Gasteiger partial charge in [-0.15, -0.1) is 0 Å². The van der Waals surface area contributed by atoms with Crippen molar-refractivity contribution in [2.75, 3.05) is 13.2 Å². The lowest BCUT2D eigenvalue weighted by atomic mass is 10.0. The van der Waals surface area contributed by atoms with Crippen molar-refractivity contribution in [1.29, 1.82) is 0 Å². The van der Waals surface area contributed by atoms with Gasteiger partial charge in [-0.2, -0.15) is 11.3 Å². The van der Waals surface area contributed by atoms with Crippen LogP contribution in [-0.4, -0.2) is 34.6 Å². The monoisotopic (exact) mass is 491 g/mol. The summed E-state index contributed by atoms with van der Waals surface area (Å²) in [6.07, 6.45) is 3.71. The summed E-state index contributed by atoms with van der Waals surface area (Å²) < 4.78 is 13.6. The predicted octanol–water partition coefficient (Wildman–Crippen LogP) is 6.85. The number of ether oxygens (including phenoxy) is 2. The van der Waals surface area contributed by atoms with E-state index in [0.29, 0.717) is 37.4 Å². The Morgan fingerprint density at radius 2 is 1.86 bits per heavy atom. The number of fused-ring (bicyclic) bond motifs is 1. The number of ketones is 1. The van der Waals surface area contributed by atoms with E-state index in [9.17, 15) is 14.7 Å². The summed E-state index contributed by atoms with van der Waals surface area (Å²) >= 11 is 1.63. The van der Waals surface area contributed by atoms with Crippen molar-refractivity contribution in [3.63, 3.8) is 0 Å². The van der Waals surface area contributed by atoms with E-state index in [-0.39, 0.29) is 5.78 Å². The Labute approximate surface area is 208 Å². The van der Waals surface area contributed by atoms with Crippen molar-refractivity contribution in [3.05, 3.63) is 71.1 Å². The quantitative estimate of drug-likeness (QED) is 0.173. The van der Waals surface area contributed by atoms with E-state index in [1.807, 2.05) is 60.8 Å². The van der Waals surface area contributed by atoms with Gasteiger partial charge in [-0.1, -0.05) is 13.0 Å². The molecule has 35 heavy (non-hydrogen) atoms. The molecule has 0 radical (unpaired) electrons. The fourth-order valence-corrected chi connectivity index (χ4v) is 4.63. The highest BCUT2D eigenvalue weighted by Crippen LogP contribution is 2.30. The van der Waals surface area contributed by atoms with Gasteiger partial charge in [0.1, 0.15) is 17.5 Å². The van der Waals surface area contributed by atoms with Gasteiger partial charge in [-0.3, -0.25) is 4.79 Å². The van der Waals surface area contributed by atoms with Crippen LogP contribution in [0.1, 0.15) is 49.5 Å². The average molecular weight is 492 g/mol. The smallest absolute Gasteiger partial charge is 0.326 e. The summed E-state index contributed by atoms with van der Waals surface area (Å²) in [6.45, 7) is 4.54. The highest BCUT2D eigenvalue weighted by atomic mass is 32.1. The van der Waals surface area contributed by atoms with Crippen LogP contribution in [0.25, 0.3) is 22.0 Å². The third kappa shape index (κ3) is 5.74. The molecule has 7 heteroatoms. The van der Waals surface area contributed by atoms with E-state index in [4.69, 9.17) is 9.47 Å². The van der Waals surface area contributed by atoms with Crippen LogP contribution >= 0.6 is 11.3 Å². The Bertz CT molecular complexity index is 1310. The average Bonchev–Trinajstić information content (AvgIpc) is 3.54. The minimum absolute atomic E-state index is 0.0910. The number of carbonyl (C=O) groups is 2. The maximum absolute atomic E-state index is 12.7. The molecule has 4 aromatic rings. The van der Waals surface area contributed by atoms with Gasteiger partial charge in [-0.05, 0) is 77.7 Å². The maximum Gasteiger partial charge on any atom is 0.326 e. The fourth-order valence-electron chi connectivity index (χ4n) is 3.96. The summed E-state index contributed by atoms with van der Waals surface area (Å²) in [6, 6.07) is 14.7. The number of carbonyl (C=O) groups excluding carboxylic acids is 1. The van der Waals surface area contributed by atoms with Gasteiger partial charge in [0.05, 0.1) is 18.8 Å². The van der Waals surface area contributed by atoms with E-state index in [1.54, 1.807) is 29.0 Å². The summed E-state index contributed by atoms with van der Waals surface area (Å²) in [5.41, 5.74) is 3.60. The van der Waals surface area contributed by atoms with Gasteiger partial charge >= 0.3 is 5.97 Å². The standard InChI is InChI=1S/C28H29NO5S/c1-3-5-26(30)24-17-20(22-11-15-35-18-22)6-9-27(24)34-14-4-13-33-23-7-8-25-21(16-23)10-12-29(25)19(2)28(31)32/h6-12,15-19H,3-5,13-14H2,1-2H3,(H,31,32). The summed E-state index contributed by atoms with van der Waals surface area (Å²) in [4.78, 5) is 24.0. The number of hydrogen-bond acceptors (Lipinski definition) is 5. The lowest BCUT2D eigenvalue weighted by Crippen LogP contribution is -2.14. The van der Waals surface area contributed by atoms with Crippen molar-refractivity contribution in [3.8, 4) is 22.6 Å². The number of hydrogen-bond donors (Lipinski definition) is 1. The first kappa shape index (κ1) is 24.5. The molecule has 0 amide bonds. The molecule has 0 aliphatic rings. The van der Waals surface area contributed by atoms with Crippen molar-refractivity contribution >= 4 is 34.0 Å². The normalized spacial score (nSPS) is 11.9. The number of carboxylic acids is 1. The Kier molecular flexibility index (Phi) is 7.87. The molecule has 0 spiro atoms. The molecule has 0 aliphatic carbocycles. The predicted molar refractivity (Wildman–Crippen MR) is 139 cm³/mol. The zero-order valence-corrected chi connectivity index (χ0v) is 20.7. The molecule has 0 saturated heterocycles. The van der Waals surface area contributed by atoms with Crippen LogP contribution in [0.15, 0.2) is 65.5 Å². The first-order valence-electron chi connectivity index (χ1n) is 11.8. The van der Waals surface area contributed by atoms with Gasteiger partial charge in [0.25, 0.3) is 0 Å². The van der Waals surface area contributed by atoms with Gasteiger partial charge in [0.15, 0.2) is 5.78 Å². The number of nitrogens with zero attached hydrogens (tertiary/aromatic N) is 1. The summed E-state index contributed by atoms with van der Waals surface area (Å²) in [7, 11) is 0. The zero-order chi connectivity index (χ0) is 24.8. The van der Waals surface area contributed by atoms with E-state index in [1.165, 1.54) is 0 Å². The SMILES string of the molecule is CCCC(=O)c1cc(-c2ccsc2)ccc1OCCCOc1ccc2c(ccn2C(C)C(=O)O)c1. The van der Waals surface area contributed by atoms with Crippen LogP contribution in [0.4, 0.5) is 0 Å². The van der Waals surface area contributed by atoms with Gasteiger partial charge in [0, 0.05) is 29.9 Å². The van der Waals surface area contributed by atoms with Crippen LogP contribution in [0.2, 0.25) is 0 Å². The molecular weight excluding hydrogens is 462 g/mol. The zero-order valence-electron chi connectivity index (χ0n) is 19.9. The molecule has 2 aromatic carbocycles. The molecule has 1 unspecified atom stereocenters. The number of thiophene rings is 1. The lowest BCUT2D eigenvalue weighted by molar-refractivity contribution is -0.140. The van der Waals surface area contributed by atoms with E-state index in [0.717, 1.165) is 34.2 Å². The molecule has 0 saturated carbocycles. The van der Waals surface area contributed by atoms with E-state index in [2.05, 4.69) is 5.38 Å². The van der Waals surface area contributed by atoms with Crippen molar-refractivity contribution in [2.45, 2.75) is 39.2 Å². The van der Waals surface area contributed by atoms with Crippen LogP contribution in [-0.2, 0) is 4.79 Å². The van der Waals surface area contributed by atoms with Gasteiger partial charge < -0.3 is 19.1 Å². The van der Waals surface area contributed by atoms with Crippen molar-refractivity contribution in [1.82, 2.24) is 4.57 Å². The Balaban J connectivity index is 1.35. The molecule has 182 valence electrons. The Hall–Kier alpha value is -3.58. The number of carboxylic acid groups (broad SMARTS) is 1. The molecule has 0 fully saturated rings. The molecule has 1 N–H and O–H groups in total.